The summed E-state index contributed by atoms with van der Waals surface area (Å²) in [5, 5.41) is 10.4. The summed E-state index contributed by atoms with van der Waals surface area (Å²) >= 11 is 7.59. The quantitative estimate of drug-likeness (QED) is 0.380. The van der Waals surface area contributed by atoms with Gasteiger partial charge in [0.1, 0.15) is 5.75 Å². The predicted octanol–water partition coefficient (Wildman–Crippen LogP) is 5.48. The molecule has 134 valence electrons. The Kier molecular flexibility index (Phi) is 6.36. The van der Waals surface area contributed by atoms with Crippen LogP contribution in [-0.4, -0.2) is 21.4 Å². The van der Waals surface area contributed by atoms with E-state index in [9.17, 15) is 0 Å². The molecule has 0 amide bonds. The van der Waals surface area contributed by atoms with Crippen LogP contribution in [0.25, 0.3) is 11.4 Å². The molecule has 0 aliphatic carbocycles. The summed E-state index contributed by atoms with van der Waals surface area (Å²) in [7, 11) is 0. The van der Waals surface area contributed by atoms with E-state index in [1.807, 2.05) is 61.5 Å². The lowest BCUT2D eigenvalue weighted by atomic mass is 10.2. The number of para-hydroxylation sites is 1. The number of hydrogen-bond donors (Lipinski definition) is 0. The molecule has 0 aliphatic heterocycles. The van der Waals surface area contributed by atoms with Crippen LogP contribution < -0.4 is 4.74 Å². The first kappa shape index (κ1) is 18.5. The minimum Gasteiger partial charge on any atom is -0.493 e. The number of rotatable bonds is 8. The van der Waals surface area contributed by atoms with Crippen molar-refractivity contribution >= 4 is 23.4 Å². The third-order valence-electron chi connectivity index (χ3n) is 3.74. The van der Waals surface area contributed by atoms with Crippen molar-refractivity contribution in [1.29, 1.82) is 0 Å². The zero-order valence-electron chi connectivity index (χ0n) is 14.6. The number of ether oxygens (including phenoxy) is 1. The lowest BCUT2D eigenvalue weighted by Crippen LogP contribution is -2.02. The van der Waals surface area contributed by atoms with Gasteiger partial charge in [-0.2, -0.15) is 0 Å². The van der Waals surface area contributed by atoms with Crippen molar-refractivity contribution < 1.29 is 4.74 Å². The standard InChI is InChI=1S/C20H20ClN3OS/c1-3-13-24-19(17-7-5-6-8-18(17)25-4-2)22-23-20(24)26-14-15-9-11-16(21)12-10-15/h3,5-12H,1,4,13-14H2,2H3. The third-order valence-corrected chi connectivity index (χ3v) is 5.03. The van der Waals surface area contributed by atoms with E-state index in [4.69, 9.17) is 16.3 Å². The van der Waals surface area contributed by atoms with Gasteiger partial charge < -0.3 is 4.74 Å². The molecule has 0 radical (unpaired) electrons. The van der Waals surface area contributed by atoms with Gasteiger partial charge in [0.15, 0.2) is 11.0 Å². The molecule has 0 spiro atoms. The Labute approximate surface area is 162 Å². The highest BCUT2D eigenvalue weighted by molar-refractivity contribution is 7.98. The molecule has 0 saturated heterocycles. The van der Waals surface area contributed by atoms with Crippen LogP contribution >= 0.6 is 23.4 Å². The zero-order valence-corrected chi connectivity index (χ0v) is 16.1. The second-order valence-corrected chi connectivity index (χ2v) is 6.93. The first-order chi connectivity index (χ1) is 12.7. The van der Waals surface area contributed by atoms with Crippen molar-refractivity contribution in [3.8, 4) is 17.1 Å². The summed E-state index contributed by atoms with van der Waals surface area (Å²) in [6, 6.07) is 15.7. The summed E-state index contributed by atoms with van der Waals surface area (Å²) in [6.45, 7) is 7.07. The van der Waals surface area contributed by atoms with E-state index in [0.717, 1.165) is 33.1 Å². The van der Waals surface area contributed by atoms with Crippen LogP contribution in [0.5, 0.6) is 5.75 Å². The predicted molar refractivity (Wildman–Crippen MR) is 108 cm³/mol. The number of benzene rings is 2. The number of hydrogen-bond acceptors (Lipinski definition) is 4. The topological polar surface area (TPSA) is 39.9 Å². The van der Waals surface area contributed by atoms with Crippen molar-refractivity contribution in [2.45, 2.75) is 24.4 Å². The fraction of sp³-hybridized carbons (Fsp3) is 0.200. The minimum absolute atomic E-state index is 0.602. The second kappa shape index (κ2) is 8.92. The van der Waals surface area contributed by atoms with Crippen LogP contribution in [0, 0.1) is 0 Å². The zero-order chi connectivity index (χ0) is 18.4. The van der Waals surface area contributed by atoms with E-state index in [1.165, 1.54) is 5.56 Å². The summed E-state index contributed by atoms with van der Waals surface area (Å²) in [5.41, 5.74) is 2.12. The molecule has 0 fully saturated rings. The normalized spacial score (nSPS) is 10.7. The van der Waals surface area contributed by atoms with Crippen LogP contribution in [-0.2, 0) is 12.3 Å². The maximum absolute atomic E-state index is 5.95. The summed E-state index contributed by atoms with van der Waals surface area (Å²) in [6.07, 6.45) is 1.85. The van der Waals surface area contributed by atoms with E-state index >= 15 is 0 Å². The van der Waals surface area contributed by atoms with Crippen molar-refractivity contribution in [3.05, 3.63) is 71.8 Å². The number of halogens is 1. The fourth-order valence-electron chi connectivity index (χ4n) is 2.55. The van der Waals surface area contributed by atoms with Gasteiger partial charge in [0.2, 0.25) is 0 Å². The molecular weight excluding hydrogens is 366 g/mol. The van der Waals surface area contributed by atoms with Crippen LogP contribution in [0.2, 0.25) is 5.02 Å². The maximum Gasteiger partial charge on any atom is 0.192 e. The third kappa shape index (κ3) is 4.29. The molecule has 0 atom stereocenters. The molecule has 26 heavy (non-hydrogen) atoms. The van der Waals surface area contributed by atoms with Gasteiger partial charge in [-0.25, -0.2) is 0 Å². The molecule has 0 bridgehead atoms. The van der Waals surface area contributed by atoms with Gasteiger partial charge in [0, 0.05) is 17.3 Å². The van der Waals surface area contributed by atoms with E-state index in [-0.39, 0.29) is 0 Å². The van der Waals surface area contributed by atoms with Gasteiger partial charge in [-0.15, -0.1) is 16.8 Å². The van der Waals surface area contributed by atoms with Crippen molar-refractivity contribution in [2.24, 2.45) is 0 Å². The molecule has 1 heterocycles. The molecule has 0 unspecified atom stereocenters. The monoisotopic (exact) mass is 385 g/mol. The smallest absolute Gasteiger partial charge is 0.192 e. The largest absolute Gasteiger partial charge is 0.493 e. The average molecular weight is 386 g/mol. The lowest BCUT2D eigenvalue weighted by molar-refractivity contribution is 0.341. The van der Waals surface area contributed by atoms with E-state index in [0.29, 0.717) is 13.2 Å². The molecule has 0 aliphatic rings. The summed E-state index contributed by atoms with van der Waals surface area (Å²) in [5.74, 6) is 2.38. The van der Waals surface area contributed by atoms with Crippen LogP contribution in [0.3, 0.4) is 0 Å². The molecule has 0 saturated carbocycles. The number of allylic oxidation sites excluding steroid dienone is 1. The highest BCUT2D eigenvalue weighted by atomic mass is 35.5. The van der Waals surface area contributed by atoms with Crippen molar-refractivity contribution in [2.75, 3.05) is 6.61 Å². The first-order valence-electron chi connectivity index (χ1n) is 8.36. The van der Waals surface area contributed by atoms with E-state index < -0.39 is 0 Å². The molecule has 1 aromatic heterocycles. The van der Waals surface area contributed by atoms with E-state index in [2.05, 4.69) is 21.3 Å². The Balaban J connectivity index is 1.89. The van der Waals surface area contributed by atoms with Gasteiger partial charge in [-0.3, -0.25) is 4.57 Å². The highest BCUT2D eigenvalue weighted by Crippen LogP contribution is 2.32. The number of aromatic nitrogens is 3. The van der Waals surface area contributed by atoms with Gasteiger partial charge in [0.25, 0.3) is 0 Å². The molecule has 2 aromatic carbocycles. The Hall–Kier alpha value is -2.24. The number of thioether (sulfide) groups is 1. The summed E-state index contributed by atoms with van der Waals surface area (Å²) in [4.78, 5) is 0. The van der Waals surface area contributed by atoms with E-state index in [1.54, 1.807) is 11.8 Å². The van der Waals surface area contributed by atoms with Gasteiger partial charge in [-0.05, 0) is 36.8 Å². The molecule has 0 N–H and O–H groups in total. The molecule has 3 aromatic rings. The Bertz CT molecular complexity index is 877. The molecule has 6 heteroatoms. The number of nitrogens with zero attached hydrogens (tertiary/aromatic N) is 3. The minimum atomic E-state index is 0.602. The summed E-state index contributed by atoms with van der Waals surface area (Å²) < 4.78 is 7.81. The Morgan fingerprint density at radius 3 is 2.65 bits per heavy atom. The fourth-order valence-corrected chi connectivity index (χ4v) is 3.58. The van der Waals surface area contributed by atoms with Gasteiger partial charge in [-0.1, -0.05) is 53.7 Å². The van der Waals surface area contributed by atoms with Crippen LogP contribution in [0.15, 0.2) is 66.3 Å². The average Bonchev–Trinajstić information content (AvgIpc) is 3.05. The molecular formula is C20H20ClN3OS. The van der Waals surface area contributed by atoms with Crippen molar-refractivity contribution in [3.63, 3.8) is 0 Å². The Morgan fingerprint density at radius 1 is 1.15 bits per heavy atom. The highest BCUT2D eigenvalue weighted by Gasteiger charge is 2.17. The molecule has 4 nitrogen and oxygen atoms in total. The second-order valence-electron chi connectivity index (χ2n) is 5.55. The van der Waals surface area contributed by atoms with Crippen LogP contribution in [0.4, 0.5) is 0 Å². The Morgan fingerprint density at radius 2 is 1.92 bits per heavy atom. The van der Waals surface area contributed by atoms with Crippen molar-refractivity contribution in [1.82, 2.24) is 14.8 Å². The first-order valence-corrected chi connectivity index (χ1v) is 9.72. The van der Waals surface area contributed by atoms with Crippen LogP contribution in [0.1, 0.15) is 12.5 Å². The maximum atomic E-state index is 5.95. The SMILES string of the molecule is C=CCn1c(SCc2ccc(Cl)cc2)nnc1-c1ccccc1OCC. The van der Waals surface area contributed by atoms with Gasteiger partial charge in [0.05, 0.1) is 12.2 Å². The van der Waals surface area contributed by atoms with Gasteiger partial charge >= 0.3 is 0 Å². The molecule has 3 rings (SSSR count). The lowest BCUT2D eigenvalue weighted by Gasteiger charge is -2.11.